The van der Waals surface area contributed by atoms with Crippen LogP contribution in [0.15, 0.2) is 36.4 Å². The van der Waals surface area contributed by atoms with Gasteiger partial charge in [0.15, 0.2) is 5.11 Å². The molecule has 0 amide bonds. The van der Waals surface area contributed by atoms with Gasteiger partial charge in [0.2, 0.25) is 0 Å². The van der Waals surface area contributed by atoms with E-state index in [1.54, 1.807) is 6.07 Å². The van der Waals surface area contributed by atoms with Crippen LogP contribution in [0.3, 0.4) is 0 Å². The Hall–Kier alpha value is -1.72. The maximum Gasteiger partial charge on any atom is 0.175 e. The summed E-state index contributed by atoms with van der Waals surface area (Å²) in [5, 5.41) is 6.33. The number of thiocarbonyl (C=S) groups is 1. The Labute approximate surface area is 125 Å². The highest BCUT2D eigenvalue weighted by atomic mass is 35.5. The van der Waals surface area contributed by atoms with Gasteiger partial charge in [-0.2, -0.15) is 0 Å². The lowest BCUT2D eigenvalue weighted by Gasteiger charge is -2.14. The Morgan fingerprint density at radius 1 is 1.10 bits per heavy atom. The molecular formula is C14H11ClF2N2S. The molecule has 0 aliphatic heterocycles. The molecule has 20 heavy (non-hydrogen) atoms. The molecule has 0 atom stereocenters. The second kappa shape index (κ2) is 6.15. The SMILES string of the molecule is Cc1cccc(Cl)c1NC(=S)Nc1cc(F)cc(F)c1. The van der Waals surface area contributed by atoms with Crippen LogP contribution in [0.5, 0.6) is 0 Å². The van der Waals surface area contributed by atoms with E-state index < -0.39 is 11.6 Å². The van der Waals surface area contributed by atoms with E-state index >= 15 is 0 Å². The fourth-order valence-electron chi connectivity index (χ4n) is 1.69. The van der Waals surface area contributed by atoms with Gasteiger partial charge in [-0.3, -0.25) is 0 Å². The van der Waals surface area contributed by atoms with Crippen LogP contribution in [0, 0.1) is 18.6 Å². The van der Waals surface area contributed by atoms with E-state index in [-0.39, 0.29) is 10.8 Å². The predicted octanol–water partition coefficient (Wildman–Crippen LogP) is 4.74. The second-order valence-electron chi connectivity index (χ2n) is 4.17. The average Bonchev–Trinajstić information content (AvgIpc) is 2.32. The van der Waals surface area contributed by atoms with Crippen LogP contribution in [0.2, 0.25) is 5.02 Å². The van der Waals surface area contributed by atoms with Crippen LogP contribution in [0.1, 0.15) is 5.56 Å². The summed E-state index contributed by atoms with van der Waals surface area (Å²) < 4.78 is 26.1. The topological polar surface area (TPSA) is 24.1 Å². The van der Waals surface area contributed by atoms with Gasteiger partial charge in [-0.15, -0.1) is 0 Å². The minimum Gasteiger partial charge on any atom is -0.332 e. The third-order valence-corrected chi connectivity index (χ3v) is 3.10. The fraction of sp³-hybridized carbons (Fsp3) is 0.0714. The molecule has 0 fully saturated rings. The lowest BCUT2D eigenvalue weighted by molar-refractivity contribution is 0.584. The van der Waals surface area contributed by atoms with Crippen LogP contribution >= 0.6 is 23.8 Å². The molecule has 6 heteroatoms. The van der Waals surface area contributed by atoms with Gasteiger partial charge < -0.3 is 10.6 Å². The first-order valence-corrected chi connectivity index (χ1v) is 6.53. The minimum atomic E-state index is -0.677. The van der Waals surface area contributed by atoms with E-state index in [0.717, 1.165) is 23.8 Å². The first kappa shape index (κ1) is 14.7. The smallest absolute Gasteiger partial charge is 0.175 e. The highest BCUT2D eigenvalue weighted by Crippen LogP contribution is 2.25. The maximum atomic E-state index is 13.1. The molecule has 0 spiro atoms. The van der Waals surface area contributed by atoms with Crippen LogP contribution in [0.25, 0.3) is 0 Å². The number of para-hydroxylation sites is 1. The Balaban J connectivity index is 2.13. The van der Waals surface area contributed by atoms with E-state index in [4.69, 9.17) is 23.8 Å². The Bertz CT molecular complexity index is 621. The van der Waals surface area contributed by atoms with E-state index in [9.17, 15) is 8.78 Å². The number of hydrogen-bond donors (Lipinski definition) is 2. The number of aryl methyl sites for hydroxylation is 1. The van der Waals surface area contributed by atoms with Crippen LogP contribution in [0.4, 0.5) is 20.2 Å². The van der Waals surface area contributed by atoms with Crippen molar-refractivity contribution in [1.29, 1.82) is 0 Å². The summed E-state index contributed by atoms with van der Waals surface area (Å²) >= 11 is 11.2. The summed E-state index contributed by atoms with van der Waals surface area (Å²) in [5.41, 5.74) is 1.79. The van der Waals surface area contributed by atoms with Gasteiger partial charge in [0.1, 0.15) is 11.6 Å². The molecule has 2 rings (SSSR count). The zero-order valence-electron chi connectivity index (χ0n) is 10.5. The zero-order valence-corrected chi connectivity index (χ0v) is 12.1. The first-order chi connectivity index (χ1) is 9.45. The molecule has 0 saturated heterocycles. The monoisotopic (exact) mass is 312 g/mol. The number of rotatable bonds is 2. The van der Waals surface area contributed by atoms with Crippen molar-refractivity contribution in [3.05, 3.63) is 58.6 Å². The highest BCUT2D eigenvalue weighted by molar-refractivity contribution is 7.80. The molecule has 0 aliphatic carbocycles. The van der Waals surface area contributed by atoms with Crippen molar-refractivity contribution in [3.63, 3.8) is 0 Å². The molecule has 0 bridgehead atoms. The Morgan fingerprint density at radius 3 is 2.35 bits per heavy atom. The predicted molar refractivity (Wildman–Crippen MR) is 82.4 cm³/mol. The minimum absolute atomic E-state index is 0.200. The van der Waals surface area contributed by atoms with Gasteiger partial charge >= 0.3 is 0 Å². The van der Waals surface area contributed by atoms with Crippen molar-refractivity contribution in [2.45, 2.75) is 6.92 Å². The van der Waals surface area contributed by atoms with E-state index in [2.05, 4.69) is 10.6 Å². The summed E-state index contributed by atoms with van der Waals surface area (Å²) in [4.78, 5) is 0. The fourth-order valence-corrected chi connectivity index (χ4v) is 2.18. The van der Waals surface area contributed by atoms with Crippen molar-refractivity contribution >= 4 is 40.3 Å². The van der Waals surface area contributed by atoms with Gasteiger partial charge in [0.25, 0.3) is 0 Å². The number of anilines is 2. The molecule has 0 heterocycles. The lowest BCUT2D eigenvalue weighted by Crippen LogP contribution is -2.20. The first-order valence-electron chi connectivity index (χ1n) is 5.75. The summed E-state index contributed by atoms with van der Waals surface area (Å²) in [6, 6.07) is 8.51. The van der Waals surface area contributed by atoms with Crippen molar-refractivity contribution in [2.75, 3.05) is 10.6 Å². The summed E-state index contributed by atoms with van der Waals surface area (Å²) in [6.07, 6.45) is 0. The Kier molecular flexibility index (Phi) is 4.52. The molecule has 2 N–H and O–H groups in total. The molecule has 0 aromatic heterocycles. The molecule has 2 nitrogen and oxygen atoms in total. The van der Waals surface area contributed by atoms with Gasteiger partial charge in [-0.1, -0.05) is 23.7 Å². The van der Waals surface area contributed by atoms with Crippen LogP contribution in [-0.4, -0.2) is 5.11 Å². The molecule has 104 valence electrons. The summed E-state index contributed by atoms with van der Waals surface area (Å²) in [5.74, 6) is -1.35. The summed E-state index contributed by atoms with van der Waals surface area (Å²) in [7, 11) is 0. The molecule has 0 unspecified atom stereocenters. The summed E-state index contributed by atoms with van der Waals surface area (Å²) in [6.45, 7) is 1.87. The van der Waals surface area contributed by atoms with Crippen LogP contribution in [-0.2, 0) is 0 Å². The van der Waals surface area contributed by atoms with Crippen LogP contribution < -0.4 is 10.6 Å². The number of hydrogen-bond acceptors (Lipinski definition) is 1. The average molecular weight is 313 g/mol. The number of halogens is 3. The van der Waals surface area contributed by atoms with Crippen molar-refractivity contribution in [1.82, 2.24) is 0 Å². The van der Waals surface area contributed by atoms with Gasteiger partial charge in [-0.25, -0.2) is 8.78 Å². The molecule has 2 aromatic carbocycles. The molecular weight excluding hydrogens is 302 g/mol. The number of benzene rings is 2. The molecule has 0 aliphatic rings. The largest absolute Gasteiger partial charge is 0.332 e. The van der Waals surface area contributed by atoms with Crippen molar-refractivity contribution in [2.24, 2.45) is 0 Å². The normalized spacial score (nSPS) is 10.2. The zero-order chi connectivity index (χ0) is 14.7. The molecule has 0 saturated carbocycles. The molecule has 2 aromatic rings. The van der Waals surface area contributed by atoms with Gasteiger partial charge in [0.05, 0.1) is 10.7 Å². The number of nitrogens with one attached hydrogen (secondary N) is 2. The third-order valence-electron chi connectivity index (χ3n) is 2.58. The van der Waals surface area contributed by atoms with E-state index in [0.29, 0.717) is 10.7 Å². The van der Waals surface area contributed by atoms with Gasteiger partial charge in [0, 0.05) is 11.8 Å². The second-order valence-corrected chi connectivity index (χ2v) is 4.98. The van der Waals surface area contributed by atoms with E-state index in [1.807, 2.05) is 19.1 Å². The Morgan fingerprint density at radius 2 is 1.75 bits per heavy atom. The quantitative estimate of drug-likeness (QED) is 0.784. The molecule has 0 radical (unpaired) electrons. The van der Waals surface area contributed by atoms with Crippen molar-refractivity contribution in [3.8, 4) is 0 Å². The van der Waals surface area contributed by atoms with Gasteiger partial charge in [-0.05, 0) is 42.9 Å². The van der Waals surface area contributed by atoms with Crippen molar-refractivity contribution < 1.29 is 8.78 Å². The highest BCUT2D eigenvalue weighted by Gasteiger charge is 2.07. The maximum absolute atomic E-state index is 13.1. The third kappa shape index (κ3) is 3.65. The lowest BCUT2D eigenvalue weighted by atomic mass is 10.2. The van der Waals surface area contributed by atoms with E-state index in [1.165, 1.54) is 0 Å². The standard InChI is InChI=1S/C14H11ClF2N2S/c1-8-3-2-4-12(15)13(8)19-14(20)18-11-6-9(16)5-10(17)7-11/h2-7H,1H3,(H2,18,19,20).